The summed E-state index contributed by atoms with van der Waals surface area (Å²) in [4.78, 5) is 23.4. The number of aryl methyl sites for hydroxylation is 1. The summed E-state index contributed by atoms with van der Waals surface area (Å²) < 4.78 is 39.6. The van der Waals surface area contributed by atoms with Crippen molar-refractivity contribution in [3.8, 4) is 0 Å². The number of carbonyl (C=O) groups excluding carboxylic acids is 1. The monoisotopic (exact) mass is 461 g/mol. The smallest absolute Gasteiger partial charge is 0.279 e. The first-order chi connectivity index (χ1) is 14.7. The van der Waals surface area contributed by atoms with Gasteiger partial charge in [-0.05, 0) is 60.5 Å². The molecule has 4 aromatic rings. The molecule has 0 fully saturated rings. The predicted molar refractivity (Wildman–Crippen MR) is 116 cm³/mol. The predicted octanol–water partition coefficient (Wildman–Crippen LogP) is 6.52. The fraction of sp³-hybridized carbons (Fsp3) is 0.136. The van der Waals surface area contributed by atoms with Crippen molar-refractivity contribution in [2.75, 3.05) is 4.90 Å². The Morgan fingerprint density at radius 2 is 1.87 bits per heavy atom. The van der Waals surface area contributed by atoms with Gasteiger partial charge in [-0.2, -0.15) is 13.2 Å². The number of carbonyl (C=O) groups is 1. The summed E-state index contributed by atoms with van der Waals surface area (Å²) >= 11 is 7.51. The van der Waals surface area contributed by atoms with Gasteiger partial charge in [-0.3, -0.25) is 14.7 Å². The third-order valence-electron chi connectivity index (χ3n) is 4.74. The van der Waals surface area contributed by atoms with E-state index in [-0.39, 0.29) is 12.1 Å². The number of nitrogens with zero attached hydrogens (tertiary/aromatic N) is 3. The lowest BCUT2D eigenvalue weighted by molar-refractivity contribution is -0.137. The minimum Gasteiger partial charge on any atom is -0.279 e. The van der Waals surface area contributed by atoms with Gasteiger partial charge >= 0.3 is 6.18 Å². The Kier molecular flexibility index (Phi) is 5.68. The number of halogens is 4. The Morgan fingerprint density at radius 3 is 2.52 bits per heavy atom. The van der Waals surface area contributed by atoms with Crippen molar-refractivity contribution >= 4 is 44.2 Å². The minimum atomic E-state index is -4.47. The number of amides is 1. The van der Waals surface area contributed by atoms with E-state index in [4.69, 9.17) is 11.6 Å². The number of pyridine rings is 1. The second-order valence-corrected chi connectivity index (χ2v) is 8.26. The Morgan fingerprint density at radius 1 is 1.13 bits per heavy atom. The second kappa shape index (κ2) is 8.28. The molecule has 0 atom stereocenters. The molecule has 2 aromatic carbocycles. The van der Waals surface area contributed by atoms with Crippen molar-refractivity contribution in [1.82, 2.24) is 9.97 Å². The molecule has 0 saturated carbocycles. The van der Waals surface area contributed by atoms with Crippen molar-refractivity contribution in [3.05, 3.63) is 88.2 Å². The van der Waals surface area contributed by atoms with Crippen LogP contribution in [0.15, 0.2) is 60.9 Å². The molecule has 0 radical (unpaired) electrons. The van der Waals surface area contributed by atoms with Gasteiger partial charge in [-0.1, -0.05) is 29.0 Å². The molecule has 31 heavy (non-hydrogen) atoms. The van der Waals surface area contributed by atoms with Gasteiger partial charge in [-0.25, -0.2) is 4.98 Å². The highest BCUT2D eigenvalue weighted by Gasteiger charge is 2.31. The molecule has 2 heterocycles. The van der Waals surface area contributed by atoms with E-state index in [1.165, 1.54) is 28.4 Å². The first kappa shape index (κ1) is 21.3. The molecular weight excluding hydrogens is 447 g/mol. The Labute approximate surface area is 184 Å². The zero-order valence-electron chi connectivity index (χ0n) is 16.2. The number of rotatable bonds is 4. The number of anilines is 1. The van der Waals surface area contributed by atoms with Crippen molar-refractivity contribution < 1.29 is 18.0 Å². The lowest BCUT2D eigenvalue weighted by Gasteiger charge is -2.20. The van der Waals surface area contributed by atoms with E-state index in [9.17, 15) is 18.0 Å². The first-order valence-electron chi connectivity index (χ1n) is 9.17. The molecule has 4 nitrogen and oxygen atoms in total. The third kappa shape index (κ3) is 4.40. The highest BCUT2D eigenvalue weighted by Crippen LogP contribution is 2.35. The highest BCUT2D eigenvalue weighted by atomic mass is 35.5. The zero-order valence-corrected chi connectivity index (χ0v) is 17.7. The maximum absolute atomic E-state index is 13.3. The van der Waals surface area contributed by atoms with Gasteiger partial charge in [0.15, 0.2) is 5.13 Å². The molecule has 0 aliphatic rings. The summed E-state index contributed by atoms with van der Waals surface area (Å²) in [6.07, 6.45) is -1.22. The topological polar surface area (TPSA) is 46.1 Å². The van der Waals surface area contributed by atoms with E-state index >= 15 is 0 Å². The van der Waals surface area contributed by atoms with E-state index in [0.29, 0.717) is 15.7 Å². The van der Waals surface area contributed by atoms with Gasteiger partial charge in [0, 0.05) is 23.0 Å². The Balaban J connectivity index is 1.76. The van der Waals surface area contributed by atoms with Crippen molar-refractivity contribution in [1.29, 1.82) is 0 Å². The maximum atomic E-state index is 13.3. The zero-order chi connectivity index (χ0) is 22.2. The summed E-state index contributed by atoms with van der Waals surface area (Å²) in [5.41, 5.74) is 1.56. The van der Waals surface area contributed by atoms with Gasteiger partial charge in [0.05, 0.1) is 22.3 Å². The van der Waals surface area contributed by atoms with E-state index in [0.717, 1.165) is 28.0 Å². The van der Waals surface area contributed by atoms with Crippen LogP contribution in [-0.2, 0) is 12.7 Å². The summed E-state index contributed by atoms with van der Waals surface area (Å²) in [5.74, 6) is -0.458. The van der Waals surface area contributed by atoms with E-state index < -0.39 is 17.6 Å². The van der Waals surface area contributed by atoms with Crippen LogP contribution in [0, 0.1) is 6.92 Å². The fourth-order valence-corrected chi connectivity index (χ4v) is 4.24. The number of hydrogen-bond donors (Lipinski definition) is 0. The molecule has 158 valence electrons. The van der Waals surface area contributed by atoms with Crippen LogP contribution in [-0.4, -0.2) is 15.9 Å². The van der Waals surface area contributed by atoms with Crippen LogP contribution < -0.4 is 4.90 Å². The molecule has 9 heteroatoms. The molecule has 0 spiro atoms. The average molecular weight is 462 g/mol. The molecule has 1 amide bonds. The first-order valence-corrected chi connectivity index (χ1v) is 10.4. The lowest BCUT2D eigenvalue weighted by atomic mass is 10.1. The van der Waals surface area contributed by atoms with Crippen LogP contribution in [0.5, 0.6) is 0 Å². The average Bonchev–Trinajstić information content (AvgIpc) is 3.19. The summed E-state index contributed by atoms with van der Waals surface area (Å²) in [5, 5.41) is 0.992. The van der Waals surface area contributed by atoms with Gasteiger partial charge < -0.3 is 0 Å². The van der Waals surface area contributed by atoms with Gasteiger partial charge in [0.2, 0.25) is 0 Å². The third-order valence-corrected chi connectivity index (χ3v) is 6.19. The molecule has 0 saturated heterocycles. The fourth-order valence-electron chi connectivity index (χ4n) is 3.06. The van der Waals surface area contributed by atoms with E-state index in [1.54, 1.807) is 24.5 Å². The SMILES string of the molecule is Cc1c(Cl)ccc2sc(N(Cc3cccnc3)C(=O)c3ccc(C(F)(F)F)cc3)nc12. The number of aromatic nitrogens is 2. The molecule has 4 rings (SSSR count). The van der Waals surface area contributed by atoms with Crippen molar-refractivity contribution in [2.24, 2.45) is 0 Å². The van der Waals surface area contributed by atoms with Crippen molar-refractivity contribution in [3.63, 3.8) is 0 Å². The molecule has 0 bridgehead atoms. The van der Waals surface area contributed by atoms with Crippen LogP contribution in [0.3, 0.4) is 0 Å². The van der Waals surface area contributed by atoms with Crippen LogP contribution in [0.1, 0.15) is 27.0 Å². The van der Waals surface area contributed by atoms with Crippen LogP contribution in [0.4, 0.5) is 18.3 Å². The van der Waals surface area contributed by atoms with Crippen molar-refractivity contribution in [2.45, 2.75) is 19.6 Å². The van der Waals surface area contributed by atoms with Crippen LogP contribution >= 0.6 is 22.9 Å². The summed E-state index contributed by atoms with van der Waals surface area (Å²) in [6, 6.07) is 11.3. The van der Waals surface area contributed by atoms with E-state index in [2.05, 4.69) is 9.97 Å². The summed E-state index contributed by atoms with van der Waals surface area (Å²) in [6.45, 7) is 2.01. The van der Waals surface area contributed by atoms with Crippen LogP contribution in [0.25, 0.3) is 10.2 Å². The number of hydrogen-bond acceptors (Lipinski definition) is 4. The van der Waals surface area contributed by atoms with Gasteiger partial charge in [-0.15, -0.1) is 0 Å². The largest absolute Gasteiger partial charge is 0.416 e. The van der Waals surface area contributed by atoms with Crippen LogP contribution in [0.2, 0.25) is 5.02 Å². The number of thiazole rings is 1. The molecule has 0 unspecified atom stereocenters. The molecule has 0 N–H and O–H groups in total. The number of fused-ring (bicyclic) bond motifs is 1. The van der Waals surface area contributed by atoms with Gasteiger partial charge in [0.1, 0.15) is 0 Å². The van der Waals surface area contributed by atoms with E-state index in [1.807, 2.05) is 19.1 Å². The molecule has 2 aromatic heterocycles. The molecular formula is C22H15ClF3N3OS. The lowest BCUT2D eigenvalue weighted by Crippen LogP contribution is -2.30. The second-order valence-electron chi connectivity index (χ2n) is 6.84. The Hall–Kier alpha value is -2.97. The number of alkyl halides is 3. The molecule has 0 aliphatic heterocycles. The number of benzene rings is 2. The summed E-state index contributed by atoms with van der Waals surface area (Å²) in [7, 11) is 0. The highest BCUT2D eigenvalue weighted by molar-refractivity contribution is 7.22. The maximum Gasteiger partial charge on any atom is 0.416 e. The normalized spacial score (nSPS) is 11.6. The standard InChI is InChI=1S/C22H15ClF3N3OS/c1-13-17(23)8-9-18-19(13)28-21(31-18)29(12-14-3-2-10-27-11-14)20(30)15-4-6-16(7-5-15)22(24,25)26/h2-11H,12H2,1H3. The molecule has 0 aliphatic carbocycles. The minimum absolute atomic E-state index is 0.130. The van der Waals surface area contributed by atoms with Gasteiger partial charge in [0.25, 0.3) is 5.91 Å². The Bertz CT molecular complexity index is 1240. The quantitative estimate of drug-likeness (QED) is 0.347.